The molecule has 7 heteroatoms. The number of nitriles is 1. The van der Waals surface area contributed by atoms with Crippen molar-refractivity contribution in [1.29, 1.82) is 5.26 Å². The average molecular weight is 415 g/mol. The molecule has 0 bridgehead atoms. The molecular weight excluding hydrogens is 396 g/mol. The molecule has 0 N–H and O–H groups in total. The zero-order chi connectivity index (χ0) is 21.1. The van der Waals surface area contributed by atoms with Gasteiger partial charge in [-0.25, -0.2) is 19.9 Å². The first-order valence-corrected chi connectivity index (χ1v) is 9.92. The van der Waals surface area contributed by atoms with Crippen LogP contribution in [0.2, 0.25) is 5.02 Å². The lowest BCUT2D eigenvalue weighted by Gasteiger charge is -2.21. The predicted molar refractivity (Wildman–Crippen MR) is 119 cm³/mol. The predicted octanol–water partition coefficient (Wildman–Crippen LogP) is 5.41. The van der Waals surface area contributed by atoms with Crippen molar-refractivity contribution < 1.29 is 0 Å². The first-order chi connectivity index (χ1) is 14.5. The van der Waals surface area contributed by atoms with E-state index in [0.29, 0.717) is 23.5 Å². The maximum absolute atomic E-state index is 9.18. The van der Waals surface area contributed by atoms with Crippen LogP contribution in [0.4, 0.5) is 11.9 Å². The van der Waals surface area contributed by atoms with E-state index in [1.54, 1.807) is 4.90 Å². The highest BCUT2D eigenvalue weighted by Gasteiger charge is 2.19. The van der Waals surface area contributed by atoms with Crippen LogP contribution in [0.1, 0.15) is 17.8 Å². The molecule has 4 aromatic rings. The van der Waals surface area contributed by atoms with Crippen LogP contribution < -0.4 is 4.90 Å². The summed E-state index contributed by atoms with van der Waals surface area (Å²) in [5, 5.41) is 10.7. The second kappa shape index (κ2) is 8.44. The van der Waals surface area contributed by atoms with Gasteiger partial charge >= 0.3 is 0 Å². The summed E-state index contributed by atoms with van der Waals surface area (Å²) in [5.74, 6) is 0.909. The van der Waals surface area contributed by atoms with Gasteiger partial charge in [-0.2, -0.15) is 5.26 Å². The number of anilines is 2. The Bertz CT molecular complexity index is 1230. The lowest BCUT2D eigenvalue weighted by molar-refractivity contribution is 0.852. The first-order valence-electron chi connectivity index (χ1n) is 9.54. The highest BCUT2D eigenvalue weighted by molar-refractivity contribution is 6.31. The summed E-state index contributed by atoms with van der Waals surface area (Å²) in [6.45, 7) is 4.20. The quantitative estimate of drug-likeness (QED) is 0.434. The number of aryl methyl sites for hydroxylation is 2. The Labute approximate surface area is 179 Å². The van der Waals surface area contributed by atoms with Gasteiger partial charge in [0.2, 0.25) is 11.9 Å². The molecule has 0 radical (unpaired) electrons. The second-order valence-corrected chi connectivity index (χ2v) is 7.35. The zero-order valence-corrected chi connectivity index (χ0v) is 17.4. The minimum Gasteiger partial charge on any atom is -0.278 e. The molecule has 0 amide bonds. The molecule has 0 spiro atoms. The maximum atomic E-state index is 9.18. The van der Waals surface area contributed by atoms with E-state index in [4.69, 9.17) is 21.6 Å². The highest BCUT2D eigenvalue weighted by Crippen LogP contribution is 2.31. The monoisotopic (exact) mass is 414 g/mol. The SMILES string of the molecule is Cc1cc(C)nc(N(CCC#N)c2nc(-c3ccccc3)c3ccc(Cl)cc3n2)n1. The summed E-state index contributed by atoms with van der Waals surface area (Å²) in [5.41, 5.74) is 4.16. The van der Waals surface area contributed by atoms with Crippen molar-refractivity contribution in [2.24, 2.45) is 0 Å². The molecule has 0 unspecified atom stereocenters. The minimum atomic E-state index is 0.286. The van der Waals surface area contributed by atoms with E-state index in [2.05, 4.69) is 16.0 Å². The van der Waals surface area contributed by atoms with Crippen LogP contribution in [0.5, 0.6) is 0 Å². The molecule has 4 rings (SSSR count). The van der Waals surface area contributed by atoms with Gasteiger partial charge in [0.05, 0.1) is 23.7 Å². The fourth-order valence-electron chi connectivity index (χ4n) is 3.31. The largest absolute Gasteiger partial charge is 0.278 e. The number of aromatic nitrogens is 4. The number of rotatable bonds is 5. The van der Waals surface area contributed by atoms with Crippen molar-refractivity contribution in [3.63, 3.8) is 0 Å². The Hall–Kier alpha value is -3.56. The number of fused-ring (bicyclic) bond motifs is 1. The number of benzene rings is 2. The summed E-state index contributed by atoms with van der Waals surface area (Å²) in [6.07, 6.45) is 0.286. The average Bonchev–Trinajstić information content (AvgIpc) is 2.73. The van der Waals surface area contributed by atoms with E-state index >= 15 is 0 Å². The van der Waals surface area contributed by atoms with Crippen LogP contribution >= 0.6 is 11.6 Å². The molecular formula is C23H19ClN6. The van der Waals surface area contributed by atoms with Gasteiger partial charge in [0.1, 0.15) is 0 Å². The van der Waals surface area contributed by atoms with Crippen molar-refractivity contribution in [1.82, 2.24) is 19.9 Å². The topological polar surface area (TPSA) is 78.6 Å². The molecule has 0 fully saturated rings. The van der Waals surface area contributed by atoms with Crippen molar-refractivity contribution >= 4 is 34.4 Å². The Morgan fingerprint density at radius 3 is 2.30 bits per heavy atom. The standard InChI is InChI=1S/C23H19ClN6/c1-15-13-16(2)27-22(26-15)30(12-6-11-25)23-28-20-14-18(24)9-10-19(20)21(29-23)17-7-4-3-5-8-17/h3-5,7-10,13-14H,6,12H2,1-2H3. The van der Waals surface area contributed by atoms with E-state index in [-0.39, 0.29) is 6.42 Å². The van der Waals surface area contributed by atoms with Gasteiger partial charge in [-0.1, -0.05) is 41.9 Å². The molecule has 2 heterocycles. The summed E-state index contributed by atoms with van der Waals surface area (Å²) >= 11 is 6.25. The van der Waals surface area contributed by atoms with E-state index < -0.39 is 0 Å². The molecule has 0 aliphatic heterocycles. The molecule has 2 aromatic carbocycles. The van der Waals surface area contributed by atoms with E-state index in [9.17, 15) is 5.26 Å². The van der Waals surface area contributed by atoms with Gasteiger partial charge in [-0.05, 0) is 38.1 Å². The first kappa shape index (κ1) is 19.7. The lowest BCUT2D eigenvalue weighted by Crippen LogP contribution is -2.24. The van der Waals surface area contributed by atoms with Crippen LogP contribution in [0, 0.1) is 25.2 Å². The molecule has 0 saturated carbocycles. The van der Waals surface area contributed by atoms with Gasteiger partial charge in [-0.15, -0.1) is 0 Å². The third-order valence-electron chi connectivity index (χ3n) is 4.59. The second-order valence-electron chi connectivity index (χ2n) is 6.91. The number of nitrogens with zero attached hydrogens (tertiary/aromatic N) is 6. The van der Waals surface area contributed by atoms with Crippen LogP contribution in [0.3, 0.4) is 0 Å². The van der Waals surface area contributed by atoms with Gasteiger partial charge in [0, 0.05) is 33.9 Å². The highest BCUT2D eigenvalue weighted by atomic mass is 35.5. The molecule has 0 aliphatic rings. The maximum Gasteiger partial charge on any atom is 0.233 e. The van der Waals surface area contributed by atoms with Crippen molar-refractivity contribution in [3.8, 4) is 17.3 Å². The third kappa shape index (κ3) is 4.07. The fraction of sp³-hybridized carbons (Fsp3) is 0.174. The molecule has 0 aliphatic carbocycles. The van der Waals surface area contributed by atoms with Gasteiger partial charge in [0.25, 0.3) is 0 Å². The molecule has 0 saturated heterocycles. The summed E-state index contributed by atoms with van der Waals surface area (Å²) in [4.78, 5) is 20.5. The summed E-state index contributed by atoms with van der Waals surface area (Å²) < 4.78 is 0. The van der Waals surface area contributed by atoms with E-state index in [0.717, 1.165) is 33.5 Å². The van der Waals surface area contributed by atoms with Gasteiger partial charge < -0.3 is 0 Å². The Kier molecular flexibility index (Phi) is 5.55. The van der Waals surface area contributed by atoms with Crippen molar-refractivity contribution in [2.75, 3.05) is 11.4 Å². The summed E-state index contributed by atoms with van der Waals surface area (Å²) in [7, 11) is 0. The van der Waals surface area contributed by atoms with E-state index in [1.165, 1.54) is 0 Å². The van der Waals surface area contributed by atoms with Gasteiger partial charge in [-0.3, -0.25) is 4.90 Å². The zero-order valence-electron chi connectivity index (χ0n) is 16.7. The fourth-order valence-corrected chi connectivity index (χ4v) is 3.47. The van der Waals surface area contributed by atoms with Crippen LogP contribution in [0.15, 0.2) is 54.6 Å². The van der Waals surface area contributed by atoms with E-state index in [1.807, 2.05) is 68.4 Å². The Morgan fingerprint density at radius 2 is 1.60 bits per heavy atom. The van der Waals surface area contributed by atoms with Crippen LogP contribution in [-0.4, -0.2) is 26.5 Å². The van der Waals surface area contributed by atoms with Crippen LogP contribution in [-0.2, 0) is 0 Å². The van der Waals surface area contributed by atoms with Crippen LogP contribution in [0.25, 0.3) is 22.2 Å². The lowest BCUT2D eigenvalue weighted by atomic mass is 10.1. The van der Waals surface area contributed by atoms with Crippen molar-refractivity contribution in [2.45, 2.75) is 20.3 Å². The molecule has 2 aromatic heterocycles. The number of halogens is 1. The molecule has 0 atom stereocenters. The number of hydrogen-bond acceptors (Lipinski definition) is 6. The Morgan fingerprint density at radius 1 is 0.900 bits per heavy atom. The molecule has 30 heavy (non-hydrogen) atoms. The molecule has 6 nitrogen and oxygen atoms in total. The third-order valence-corrected chi connectivity index (χ3v) is 4.83. The number of hydrogen-bond donors (Lipinski definition) is 0. The normalized spacial score (nSPS) is 10.7. The Balaban J connectivity index is 1.95. The van der Waals surface area contributed by atoms with Crippen molar-refractivity contribution in [3.05, 3.63) is 71.0 Å². The van der Waals surface area contributed by atoms with Gasteiger partial charge in [0.15, 0.2) is 0 Å². The smallest absolute Gasteiger partial charge is 0.233 e. The molecule has 148 valence electrons. The summed E-state index contributed by atoms with van der Waals surface area (Å²) in [6, 6.07) is 19.6. The minimum absolute atomic E-state index is 0.286.